The summed E-state index contributed by atoms with van der Waals surface area (Å²) in [6, 6.07) is 11.8. The monoisotopic (exact) mass is 393 g/mol. The molecular weight excluding hydrogens is 370 g/mol. The van der Waals surface area contributed by atoms with E-state index < -0.39 is 0 Å². The number of benzene rings is 2. The molecule has 1 saturated heterocycles. The predicted octanol–water partition coefficient (Wildman–Crippen LogP) is 3.95. The number of rotatable bonds is 3. The molecular formula is C23H23NO5. The average Bonchev–Trinajstić information content (AvgIpc) is 3.36. The smallest absolute Gasteiger partial charge is 0.247 e. The van der Waals surface area contributed by atoms with E-state index in [0.717, 1.165) is 54.2 Å². The van der Waals surface area contributed by atoms with Gasteiger partial charge < -0.3 is 23.8 Å². The lowest BCUT2D eigenvalue weighted by atomic mass is 10.0. The summed E-state index contributed by atoms with van der Waals surface area (Å²) in [6.45, 7) is 2.32. The molecule has 1 atom stereocenters. The first-order valence-electron chi connectivity index (χ1n) is 10.1. The number of amides is 1. The Kier molecular flexibility index (Phi) is 4.76. The van der Waals surface area contributed by atoms with E-state index in [9.17, 15) is 4.79 Å². The third-order valence-corrected chi connectivity index (χ3v) is 5.51. The molecule has 0 aliphatic carbocycles. The molecule has 2 aromatic rings. The van der Waals surface area contributed by atoms with Crippen molar-refractivity contribution in [3.63, 3.8) is 0 Å². The number of ether oxygens (including phenoxy) is 4. The predicted molar refractivity (Wildman–Crippen MR) is 107 cm³/mol. The van der Waals surface area contributed by atoms with Crippen molar-refractivity contribution in [2.24, 2.45) is 0 Å². The van der Waals surface area contributed by atoms with Crippen LogP contribution < -0.4 is 18.9 Å². The molecule has 0 spiro atoms. The first kappa shape index (κ1) is 17.9. The van der Waals surface area contributed by atoms with E-state index in [1.54, 1.807) is 6.08 Å². The van der Waals surface area contributed by atoms with Gasteiger partial charge >= 0.3 is 0 Å². The third-order valence-electron chi connectivity index (χ3n) is 5.51. The normalized spacial score (nSPS) is 20.1. The summed E-state index contributed by atoms with van der Waals surface area (Å²) in [7, 11) is 0. The molecule has 0 unspecified atom stereocenters. The molecule has 29 heavy (non-hydrogen) atoms. The molecule has 1 fully saturated rings. The molecule has 0 radical (unpaired) electrons. The summed E-state index contributed by atoms with van der Waals surface area (Å²) in [6.07, 6.45) is 6.28. The van der Waals surface area contributed by atoms with Crippen molar-refractivity contribution in [1.29, 1.82) is 0 Å². The Morgan fingerprint density at radius 3 is 2.59 bits per heavy atom. The van der Waals surface area contributed by atoms with Crippen LogP contribution in [0, 0.1) is 0 Å². The summed E-state index contributed by atoms with van der Waals surface area (Å²) in [5.74, 6) is 3.02. The largest absolute Gasteiger partial charge is 0.490 e. The molecule has 0 N–H and O–H groups in total. The zero-order chi connectivity index (χ0) is 19.6. The van der Waals surface area contributed by atoms with Crippen molar-refractivity contribution >= 4 is 12.0 Å². The molecule has 150 valence electrons. The SMILES string of the molecule is O=C(/C=C/c1ccc2c(c1)OCO2)N1CCC[C@H]1c1ccc2c(c1)OCCCO2. The zero-order valence-electron chi connectivity index (χ0n) is 16.1. The molecule has 6 heteroatoms. The van der Waals surface area contributed by atoms with Gasteiger partial charge in [-0.1, -0.05) is 12.1 Å². The number of hydrogen-bond donors (Lipinski definition) is 0. The third kappa shape index (κ3) is 3.62. The van der Waals surface area contributed by atoms with Gasteiger partial charge in [-0.25, -0.2) is 0 Å². The highest BCUT2D eigenvalue weighted by atomic mass is 16.7. The summed E-state index contributed by atoms with van der Waals surface area (Å²) < 4.78 is 22.3. The number of carbonyl (C=O) groups is 1. The average molecular weight is 393 g/mol. The van der Waals surface area contributed by atoms with Gasteiger partial charge in [-0.3, -0.25) is 4.79 Å². The summed E-state index contributed by atoms with van der Waals surface area (Å²) in [5.41, 5.74) is 2.01. The van der Waals surface area contributed by atoms with Crippen molar-refractivity contribution in [3.05, 3.63) is 53.6 Å². The Hall–Kier alpha value is -3.15. The number of likely N-dealkylation sites (tertiary alicyclic amines) is 1. The molecule has 1 amide bonds. The minimum Gasteiger partial charge on any atom is -0.490 e. The van der Waals surface area contributed by atoms with Crippen molar-refractivity contribution in [2.75, 3.05) is 26.6 Å². The van der Waals surface area contributed by atoms with E-state index in [0.29, 0.717) is 19.0 Å². The molecule has 2 aromatic carbocycles. The second-order valence-electron chi connectivity index (χ2n) is 7.39. The first-order valence-corrected chi connectivity index (χ1v) is 10.1. The summed E-state index contributed by atoms with van der Waals surface area (Å²) >= 11 is 0. The molecule has 3 heterocycles. The van der Waals surface area contributed by atoms with Crippen LogP contribution in [-0.4, -0.2) is 37.4 Å². The van der Waals surface area contributed by atoms with Gasteiger partial charge in [-0.05, 0) is 54.3 Å². The van der Waals surface area contributed by atoms with Crippen LogP contribution in [0.15, 0.2) is 42.5 Å². The van der Waals surface area contributed by atoms with Crippen molar-refractivity contribution in [3.8, 4) is 23.0 Å². The minimum atomic E-state index is 0.0114. The van der Waals surface area contributed by atoms with E-state index in [4.69, 9.17) is 18.9 Å². The molecule has 3 aliphatic heterocycles. The minimum absolute atomic E-state index is 0.0114. The molecule has 0 saturated carbocycles. The maximum Gasteiger partial charge on any atom is 0.247 e. The first-order chi connectivity index (χ1) is 14.3. The van der Waals surface area contributed by atoms with Crippen LogP contribution in [0.3, 0.4) is 0 Å². The van der Waals surface area contributed by atoms with Crippen LogP contribution in [-0.2, 0) is 4.79 Å². The van der Waals surface area contributed by atoms with Gasteiger partial charge in [-0.15, -0.1) is 0 Å². The zero-order valence-corrected chi connectivity index (χ0v) is 16.1. The van der Waals surface area contributed by atoms with Crippen LogP contribution in [0.1, 0.15) is 36.4 Å². The summed E-state index contributed by atoms with van der Waals surface area (Å²) in [4.78, 5) is 14.8. The lowest BCUT2D eigenvalue weighted by Crippen LogP contribution is -2.28. The Labute approximate surface area is 169 Å². The van der Waals surface area contributed by atoms with Gasteiger partial charge in [0.1, 0.15) is 0 Å². The second-order valence-corrected chi connectivity index (χ2v) is 7.39. The van der Waals surface area contributed by atoms with Crippen molar-refractivity contribution in [1.82, 2.24) is 4.90 Å². The lowest BCUT2D eigenvalue weighted by Gasteiger charge is -2.24. The Morgan fingerprint density at radius 1 is 0.897 bits per heavy atom. The molecule has 0 aromatic heterocycles. The second kappa shape index (κ2) is 7.70. The van der Waals surface area contributed by atoms with Crippen molar-refractivity contribution in [2.45, 2.75) is 25.3 Å². The van der Waals surface area contributed by atoms with Crippen LogP contribution in [0.25, 0.3) is 6.08 Å². The van der Waals surface area contributed by atoms with Crippen LogP contribution in [0.2, 0.25) is 0 Å². The quantitative estimate of drug-likeness (QED) is 0.739. The van der Waals surface area contributed by atoms with E-state index in [2.05, 4.69) is 0 Å². The number of nitrogens with zero attached hydrogens (tertiary/aromatic N) is 1. The fraction of sp³-hybridized carbons (Fsp3) is 0.348. The van der Waals surface area contributed by atoms with Crippen LogP contribution in [0.4, 0.5) is 0 Å². The molecule has 3 aliphatic rings. The highest BCUT2D eigenvalue weighted by Crippen LogP contribution is 2.38. The van der Waals surface area contributed by atoms with E-state index in [1.807, 2.05) is 47.4 Å². The Balaban J connectivity index is 1.32. The Bertz CT molecular complexity index is 954. The van der Waals surface area contributed by atoms with Gasteiger partial charge in [0.05, 0.1) is 19.3 Å². The van der Waals surface area contributed by atoms with Crippen LogP contribution >= 0.6 is 0 Å². The summed E-state index contributed by atoms with van der Waals surface area (Å²) in [5, 5.41) is 0. The van der Waals surface area contributed by atoms with Gasteiger partial charge in [0, 0.05) is 19.0 Å². The standard InChI is InChI=1S/C23H23NO5/c25-23(9-5-16-4-7-20-21(13-16)29-15-28-20)24-10-1-3-18(24)17-6-8-19-22(14-17)27-12-2-11-26-19/h4-9,13-14,18H,1-3,10-12,15H2/b9-5+/t18-/m0/s1. The van der Waals surface area contributed by atoms with E-state index >= 15 is 0 Å². The van der Waals surface area contributed by atoms with E-state index in [1.165, 1.54) is 0 Å². The molecule has 0 bridgehead atoms. The maximum absolute atomic E-state index is 12.9. The molecule has 5 rings (SSSR count). The fourth-order valence-corrected chi connectivity index (χ4v) is 4.04. The number of hydrogen-bond acceptors (Lipinski definition) is 5. The van der Waals surface area contributed by atoms with Gasteiger partial charge in [0.2, 0.25) is 12.7 Å². The Morgan fingerprint density at radius 2 is 1.66 bits per heavy atom. The fourth-order valence-electron chi connectivity index (χ4n) is 4.04. The number of carbonyl (C=O) groups excluding carboxylic acids is 1. The van der Waals surface area contributed by atoms with Crippen LogP contribution in [0.5, 0.6) is 23.0 Å². The van der Waals surface area contributed by atoms with Crippen molar-refractivity contribution < 1.29 is 23.7 Å². The van der Waals surface area contributed by atoms with Gasteiger partial charge in [-0.2, -0.15) is 0 Å². The highest BCUT2D eigenvalue weighted by molar-refractivity contribution is 5.92. The maximum atomic E-state index is 12.9. The van der Waals surface area contributed by atoms with Gasteiger partial charge in [0.15, 0.2) is 23.0 Å². The topological polar surface area (TPSA) is 57.2 Å². The number of fused-ring (bicyclic) bond motifs is 2. The highest BCUT2D eigenvalue weighted by Gasteiger charge is 2.29. The molecule has 6 nitrogen and oxygen atoms in total. The lowest BCUT2D eigenvalue weighted by molar-refractivity contribution is -0.126. The van der Waals surface area contributed by atoms with Gasteiger partial charge in [0.25, 0.3) is 0 Å². The van der Waals surface area contributed by atoms with E-state index in [-0.39, 0.29) is 18.7 Å².